The highest BCUT2D eigenvalue weighted by Gasteiger charge is 2.21. The molecule has 0 aliphatic rings. The van der Waals surface area contributed by atoms with Crippen molar-refractivity contribution < 1.29 is 20.4 Å². The SMILES string of the molecule is CC(c1cc(Cc2ccccc2)c(O)cc1O)c1cc(Cc2ccccc2)c(O)cc1O. The van der Waals surface area contributed by atoms with E-state index in [1.165, 1.54) is 12.1 Å². The molecule has 0 heterocycles. The molecule has 4 rings (SSSR count). The lowest BCUT2D eigenvalue weighted by Gasteiger charge is -2.19. The molecule has 0 aromatic heterocycles. The van der Waals surface area contributed by atoms with Crippen LogP contribution >= 0.6 is 0 Å². The summed E-state index contributed by atoms with van der Waals surface area (Å²) in [6.45, 7) is 1.89. The summed E-state index contributed by atoms with van der Waals surface area (Å²) in [5.41, 5.74) is 4.67. The van der Waals surface area contributed by atoms with Gasteiger partial charge in [-0.05, 0) is 34.4 Å². The Hall–Kier alpha value is -3.92. The molecule has 0 atom stereocenters. The van der Waals surface area contributed by atoms with Crippen molar-refractivity contribution in [1.82, 2.24) is 0 Å². The van der Waals surface area contributed by atoms with Gasteiger partial charge in [-0.1, -0.05) is 67.6 Å². The van der Waals surface area contributed by atoms with Gasteiger partial charge in [0.05, 0.1) is 0 Å². The Balaban J connectivity index is 1.70. The van der Waals surface area contributed by atoms with Crippen molar-refractivity contribution in [2.75, 3.05) is 0 Å². The smallest absolute Gasteiger partial charge is 0.123 e. The average Bonchev–Trinajstić information content (AvgIpc) is 2.78. The molecule has 0 saturated heterocycles. The van der Waals surface area contributed by atoms with Crippen molar-refractivity contribution in [2.24, 2.45) is 0 Å². The lowest BCUT2D eigenvalue weighted by atomic mass is 9.87. The van der Waals surface area contributed by atoms with Crippen LogP contribution in [0.2, 0.25) is 0 Å². The molecule has 32 heavy (non-hydrogen) atoms. The average molecular weight is 427 g/mol. The van der Waals surface area contributed by atoms with Gasteiger partial charge in [0.2, 0.25) is 0 Å². The van der Waals surface area contributed by atoms with Crippen molar-refractivity contribution in [1.29, 1.82) is 0 Å². The third-order valence-corrected chi connectivity index (χ3v) is 5.86. The van der Waals surface area contributed by atoms with E-state index in [-0.39, 0.29) is 28.9 Å². The number of benzene rings is 4. The lowest BCUT2D eigenvalue weighted by Crippen LogP contribution is -2.01. The number of aromatic hydroxyl groups is 4. The van der Waals surface area contributed by atoms with E-state index in [0.29, 0.717) is 35.1 Å². The third-order valence-electron chi connectivity index (χ3n) is 5.86. The van der Waals surface area contributed by atoms with Gasteiger partial charge in [0.1, 0.15) is 23.0 Å². The lowest BCUT2D eigenvalue weighted by molar-refractivity contribution is 0.435. The monoisotopic (exact) mass is 426 g/mol. The largest absolute Gasteiger partial charge is 0.508 e. The number of phenols is 4. The molecule has 0 saturated carbocycles. The maximum absolute atomic E-state index is 10.6. The second-order valence-electron chi connectivity index (χ2n) is 8.13. The topological polar surface area (TPSA) is 80.9 Å². The van der Waals surface area contributed by atoms with Gasteiger partial charge in [0, 0.05) is 42.0 Å². The Morgan fingerprint density at radius 1 is 0.531 bits per heavy atom. The summed E-state index contributed by atoms with van der Waals surface area (Å²) in [7, 11) is 0. The minimum absolute atomic E-state index is 0.0296. The molecule has 4 N–H and O–H groups in total. The van der Waals surface area contributed by atoms with Gasteiger partial charge in [-0.25, -0.2) is 0 Å². The molecular formula is C28H26O4. The van der Waals surface area contributed by atoms with E-state index in [9.17, 15) is 20.4 Å². The summed E-state index contributed by atoms with van der Waals surface area (Å²) in [6, 6.07) is 25.9. The fourth-order valence-corrected chi connectivity index (χ4v) is 4.06. The summed E-state index contributed by atoms with van der Waals surface area (Å²) >= 11 is 0. The quantitative estimate of drug-likeness (QED) is 0.312. The highest BCUT2D eigenvalue weighted by Crippen LogP contribution is 2.41. The van der Waals surface area contributed by atoms with E-state index in [1.807, 2.05) is 67.6 Å². The summed E-state index contributed by atoms with van der Waals surface area (Å²) in [6.07, 6.45) is 1.04. The maximum atomic E-state index is 10.6. The van der Waals surface area contributed by atoms with Gasteiger partial charge in [-0.15, -0.1) is 0 Å². The molecule has 0 aliphatic heterocycles. The molecule has 4 nitrogen and oxygen atoms in total. The standard InChI is InChI=1S/C28H26O4/c1-18(23-14-21(25(29)16-27(23)31)12-19-8-4-2-5-9-19)24-15-22(26(30)17-28(24)32)13-20-10-6-3-7-11-20/h2-11,14-18,29-32H,12-13H2,1H3. The number of rotatable bonds is 6. The molecule has 0 unspecified atom stereocenters. The van der Waals surface area contributed by atoms with E-state index in [2.05, 4.69) is 0 Å². The van der Waals surface area contributed by atoms with Crippen LogP contribution in [0.4, 0.5) is 0 Å². The number of hydrogen-bond donors (Lipinski definition) is 4. The minimum atomic E-state index is -0.361. The zero-order valence-electron chi connectivity index (χ0n) is 17.9. The molecular weight excluding hydrogens is 400 g/mol. The first-order chi connectivity index (χ1) is 15.4. The van der Waals surface area contributed by atoms with E-state index in [4.69, 9.17) is 0 Å². The van der Waals surface area contributed by atoms with Crippen LogP contribution in [0.1, 0.15) is 46.2 Å². The second-order valence-corrected chi connectivity index (χ2v) is 8.13. The normalized spacial score (nSPS) is 11.1. The molecule has 0 bridgehead atoms. The van der Waals surface area contributed by atoms with Crippen molar-refractivity contribution in [3.8, 4) is 23.0 Å². The van der Waals surface area contributed by atoms with Crippen LogP contribution in [0.3, 0.4) is 0 Å². The first-order valence-electron chi connectivity index (χ1n) is 10.6. The van der Waals surface area contributed by atoms with E-state index in [0.717, 1.165) is 11.1 Å². The van der Waals surface area contributed by atoms with Gasteiger partial charge in [-0.2, -0.15) is 0 Å². The van der Waals surface area contributed by atoms with Crippen LogP contribution in [-0.2, 0) is 12.8 Å². The minimum Gasteiger partial charge on any atom is -0.508 e. The number of hydrogen-bond acceptors (Lipinski definition) is 4. The third kappa shape index (κ3) is 4.54. The Morgan fingerprint density at radius 3 is 1.28 bits per heavy atom. The van der Waals surface area contributed by atoms with E-state index in [1.54, 1.807) is 12.1 Å². The van der Waals surface area contributed by atoms with Crippen LogP contribution < -0.4 is 0 Å². The van der Waals surface area contributed by atoms with Gasteiger partial charge < -0.3 is 20.4 Å². The van der Waals surface area contributed by atoms with Gasteiger partial charge in [0.25, 0.3) is 0 Å². The zero-order valence-corrected chi connectivity index (χ0v) is 17.9. The maximum Gasteiger partial charge on any atom is 0.123 e. The predicted molar refractivity (Wildman–Crippen MR) is 126 cm³/mol. The van der Waals surface area contributed by atoms with Crippen molar-refractivity contribution in [2.45, 2.75) is 25.7 Å². The Kier molecular flexibility index (Phi) is 6.04. The van der Waals surface area contributed by atoms with Crippen LogP contribution in [0.5, 0.6) is 23.0 Å². The fourth-order valence-electron chi connectivity index (χ4n) is 4.06. The molecule has 4 aromatic rings. The molecule has 0 radical (unpaired) electrons. The van der Waals surface area contributed by atoms with Gasteiger partial charge in [0.15, 0.2) is 0 Å². The molecule has 0 aliphatic carbocycles. The first kappa shape index (κ1) is 21.3. The van der Waals surface area contributed by atoms with E-state index < -0.39 is 0 Å². The van der Waals surface area contributed by atoms with Gasteiger partial charge in [-0.3, -0.25) is 0 Å². The molecule has 0 spiro atoms. The van der Waals surface area contributed by atoms with Crippen LogP contribution in [0.25, 0.3) is 0 Å². The molecule has 4 aromatic carbocycles. The highest BCUT2D eigenvalue weighted by molar-refractivity contribution is 5.55. The molecule has 162 valence electrons. The molecule has 0 fully saturated rings. The molecule has 4 heteroatoms. The predicted octanol–water partition coefficient (Wildman–Crippen LogP) is 5.84. The van der Waals surface area contributed by atoms with Crippen LogP contribution in [0, 0.1) is 0 Å². The summed E-state index contributed by atoms with van der Waals surface area (Å²) in [5, 5.41) is 41.9. The van der Waals surface area contributed by atoms with E-state index >= 15 is 0 Å². The summed E-state index contributed by atoms with van der Waals surface area (Å²) in [5.74, 6) is -0.378. The Bertz CT molecular complexity index is 1120. The number of phenolic OH excluding ortho intramolecular Hbond substituents is 4. The highest BCUT2D eigenvalue weighted by atomic mass is 16.3. The van der Waals surface area contributed by atoms with Crippen LogP contribution in [0.15, 0.2) is 84.9 Å². The summed E-state index contributed by atoms with van der Waals surface area (Å²) < 4.78 is 0. The van der Waals surface area contributed by atoms with Crippen molar-refractivity contribution >= 4 is 0 Å². The second kappa shape index (κ2) is 9.06. The Labute approximate surface area is 187 Å². The zero-order chi connectivity index (χ0) is 22.7. The molecule has 0 amide bonds. The van der Waals surface area contributed by atoms with Crippen molar-refractivity contribution in [3.63, 3.8) is 0 Å². The van der Waals surface area contributed by atoms with Gasteiger partial charge >= 0.3 is 0 Å². The van der Waals surface area contributed by atoms with Crippen LogP contribution in [-0.4, -0.2) is 20.4 Å². The summed E-state index contributed by atoms with van der Waals surface area (Å²) in [4.78, 5) is 0. The first-order valence-corrected chi connectivity index (χ1v) is 10.6. The fraction of sp³-hybridized carbons (Fsp3) is 0.143. The Morgan fingerprint density at radius 2 is 0.906 bits per heavy atom. The van der Waals surface area contributed by atoms with Crippen molar-refractivity contribution in [3.05, 3.63) is 118 Å².